The molecule has 0 unspecified atom stereocenters. The van der Waals surface area contributed by atoms with Crippen LogP contribution in [0.15, 0.2) is 35.6 Å². The van der Waals surface area contributed by atoms with E-state index in [9.17, 15) is 14.4 Å². The van der Waals surface area contributed by atoms with E-state index in [0.29, 0.717) is 24.0 Å². The van der Waals surface area contributed by atoms with Gasteiger partial charge in [0.05, 0.1) is 18.1 Å². The number of benzene rings is 1. The quantitative estimate of drug-likeness (QED) is 0.389. The van der Waals surface area contributed by atoms with E-state index in [1.165, 1.54) is 0 Å². The van der Waals surface area contributed by atoms with Crippen molar-refractivity contribution in [2.45, 2.75) is 64.3 Å². The first-order valence-electron chi connectivity index (χ1n) is 12.3. The van der Waals surface area contributed by atoms with Gasteiger partial charge < -0.3 is 20.3 Å². The molecular weight excluding hydrogens is 446 g/mol. The summed E-state index contributed by atoms with van der Waals surface area (Å²) in [6.07, 6.45) is 5.03. The van der Waals surface area contributed by atoms with Crippen molar-refractivity contribution < 1.29 is 14.3 Å². The summed E-state index contributed by atoms with van der Waals surface area (Å²) in [5.41, 5.74) is 1.15. The number of aromatic nitrogens is 2. The molecule has 4 rings (SSSR count). The number of nitrogens with zero attached hydrogens (tertiary/aromatic N) is 2. The third kappa shape index (κ3) is 5.55. The van der Waals surface area contributed by atoms with Gasteiger partial charge in [0.15, 0.2) is 0 Å². The molecule has 3 N–H and O–H groups in total. The highest BCUT2D eigenvalue weighted by Gasteiger charge is 2.35. The highest BCUT2D eigenvalue weighted by atomic mass is 16.5. The van der Waals surface area contributed by atoms with Crippen molar-refractivity contribution in [1.82, 2.24) is 9.97 Å². The zero-order valence-electron chi connectivity index (χ0n) is 20.4. The average Bonchev–Trinajstić information content (AvgIpc) is 2.84. The Morgan fingerprint density at radius 2 is 2.03 bits per heavy atom. The van der Waals surface area contributed by atoms with Gasteiger partial charge in [-0.2, -0.15) is 4.98 Å². The fraction of sp³-hybridized carbons (Fsp3) is 0.462. The van der Waals surface area contributed by atoms with Crippen molar-refractivity contribution in [3.05, 3.63) is 52.3 Å². The topological polar surface area (TPSA) is 116 Å². The van der Waals surface area contributed by atoms with Crippen LogP contribution in [0.4, 0.5) is 17.5 Å². The van der Waals surface area contributed by atoms with Gasteiger partial charge in [-0.25, -0.2) is 0 Å². The number of ether oxygens (including phenoxy) is 1. The zero-order valence-corrected chi connectivity index (χ0v) is 20.4. The molecule has 3 heterocycles. The molecule has 2 aliphatic rings. The molecule has 1 saturated heterocycles. The van der Waals surface area contributed by atoms with E-state index in [1.54, 1.807) is 12.1 Å². The Morgan fingerprint density at radius 1 is 1.26 bits per heavy atom. The minimum atomic E-state index is -0.935. The lowest BCUT2D eigenvalue weighted by atomic mass is 9.92. The SMILES string of the molecule is C=C(OCCCC)c1ccc(NC(=O)[C@@H]2CC(=O)Nc3nc(N4CCCC[C@@H]4C)[nH]c(=O)c32)cc1. The van der Waals surface area contributed by atoms with Crippen LogP contribution in [0.5, 0.6) is 0 Å². The molecule has 35 heavy (non-hydrogen) atoms. The molecular formula is C26H33N5O4. The minimum absolute atomic E-state index is 0.122. The van der Waals surface area contributed by atoms with Gasteiger partial charge in [0.2, 0.25) is 17.8 Å². The molecule has 1 aromatic carbocycles. The van der Waals surface area contributed by atoms with Crippen LogP contribution in [-0.4, -0.2) is 41.0 Å². The lowest BCUT2D eigenvalue weighted by molar-refractivity contribution is -0.123. The van der Waals surface area contributed by atoms with Crippen LogP contribution in [0.25, 0.3) is 5.76 Å². The van der Waals surface area contributed by atoms with Crippen LogP contribution >= 0.6 is 0 Å². The molecule has 2 atom stereocenters. The second-order valence-electron chi connectivity index (χ2n) is 9.19. The van der Waals surface area contributed by atoms with E-state index in [2.05, 4.69) is 41.0 Å². The van der Waals surface area contributed by atoms with Crippen LogP contribution in [0.1, 0.15) is 69.4 Å². The van der Waals surface area contributed by atoms with Crippen molar-refractivity contribution in [3.63, 3.8) is 0 Å². The van der Waals surface area contributed by atoms with Gasteiger partial charge in [0.1, 0.15) is 11.6 Å². The molecule has 9 heteroatoms. The number of hydrogen-bond acceptors (Lipinski definition) is 6. The smallest absolute Gasteiger partial charge is 0.258 e. The Hall–Kier alpha value is -3.62. The average molecular weight is 480 g/mol. The van der Waals surface area contributed by atoms with Gasteiger partial charge >= 0.3 is 0 Å². The van der Waals surface area contributed by atoms with E-state index < -0.39 is 17.4 Å². The number of unbranched alkanes of at least 4 members (excludes halogenated alkanes) is 1. The Labute approximate surface area is 205 Å². The lowest BCUT2D eigenvalue weighted by Crippen LogP contribution is -2.41. The Balaban J connectivity index is 1.51. The van der Waals surface area contributed by atoms with E-state index >= 15 is 0 Å². The van der Waals surface area contributed by atoms with Gasteiger partial charge in [-0.3, -0.25) is 19.4 Å². The van der Waals surface area contributed by atoms with Crippen LogP contribution in [0.2, 0.25) is 0 Å². The number of anilines is 3. The van der Waals surface area contributed by atoms with Crippen LogP contribution in [-0.2, 0) is 14.3 Å². The van der Waals surface area contributed by atoms with Gasteiger partial charge in [-0.05, 0) is 56.9 Å². The minimum Gasteiger partial charge on any atom is -0.494 e. The predicted octanol–water partition coefficient (Wildman–Crippen LogP) is 4.00. The summed E-state index contributed by atoms with van der Waals surface area (Å²) in [4.78, 5) is 48.0. The monoisotopic (exact) mass is 479 g/mol. The third-order valence-electron chi connectivity index (χ3n) is 6.58. The predicted molar refractivity (Wildman–Crippen MR) is 136 cm³/mol. The van der Waals surface area contributed by atoms with Crippen molar-refractivity contribution in [1.29, 1.82) is 0 Å². The second kappa shape index (κ2) is 10.8. The molecule has 1 fully saturated rings. The molecule has 2 amide bonds. The summed E-state index contributed by atoms with van der Waals surface area (Å²) in [6, 6.07) is 7.35. The summed E-state index contributed by atoms with van der Waals surface area (Å²) in [7, 11) is 0. The van der Waals surface area contributed by atoms with Crippen molar-refractivity contribution in [2.75, 3.05) is 28.7 Å². The van der Waals surface area contributed by atoms with Crippen molar-refractivity contribution >= 4 is 35.0 Å². The maximum absolute atomic E-state index is 13.1. The van der Waals surface area contributed by atoms with Crippen molar-refractivity contribution in [2.24, 2.45) is 0 Å². The normalized spacial score (nSPS) is 19.5. The number of rotatable bonds is 8. The summed E-state index contributed by atoms with van der Waals surface area (Å²) in [5, 5.41) is 5.51. The molecule has 186 valence electrons. The Bertz CT molecular complexity index is 1160. The molecule has 2 aliphatic heterocycles. The van der Waals surface area contributed by atoms with Crippen LogP contribution in [0.3, 0.4) is 0 Å². The van der Waals surface area contributed by atoms with Crippen molar-refractivity contribution in [3.8, 4) is 0 Å². The first-order valence-corrected chi connectivity index (χ1v) is 12.3. The summed E-state index contributed by atoms with van der Waals surface area (Å²) in [5.74, 6) is -0.545. The van der Waals surface area contributed by atoms with E-state index in [4.69, 9.17) is 4.74 Å². The maximum Gasteiger partial charge on any atom is 0.258 e. The number of nitrogens with one attached hydrogen (secondary N) is 3. The van der Waals surface area contributed by atoms with Gasteiger partial charge in [0.25, 0.3) is 5.56 Å². The van der Waals surface area contributed by atoms with E-state index in [0.717, 1.165) is 44.2 Å². The number of carbonyl (C=O) groups excluding carboxylic acids is 2. The number of hydrogen-bond donors (Lipinski definition) is 3. The number of aromatic amines is 1. The van der Waals surface area contributed by atoms with E-state index in [1.807, 2.05) is 17.0 Å². The molecule has 9 nitrogen and oxygen atoms in total. The fourth-order valence-electron chi connectivity index (χ4n) is 4.52. The maximum atomic E-state index is 13.1. The van der Waals surface area contributed by atoms with Crippen LogP contribution < -0.4 is 21.1 Å². The number of fused-ring (bicyclic) bond motifs is 1. The summed E-state index contributed by atoms with van der Waals surface area (Å²) >= 11 is 0. The first kappa shape index (κ1) is 24.5. The summed E-state index contributed by atoms with van der Waals surface area (Å²) in [6.45, 7) is 9.52. The van der Waals surface area contributed by atoms with Gasteiger partial charge in [-0.15, -0.1) is 0 Å². The number of amides is 2. The molecule has 0 radical (unpaired) electrons. The molecule has 1 aromatic heterocycles. The number of H-pyrrole nitrogens is 1. The van der Waals surface area contributed by atoms with E-state index in [-0.39, 0.29) is 29.8 Å². The molecule has 0 saturated carbocycles. The Kier molecular flexibility index (Phi) is 7.53. The third-order valence-corrected chi connectivity index (χ3v) is 6.58. The first-order chi connectivity index (χ1) is 16.9. The molecule has 0 bridgehead atoms. The second-order valence-corrected chi connectivity index (χ2v) is 9.19. The Morgan fingerprint density at radius 3 is 2.74 bits per heavy atom. The highest BCUT2D eigenvalue weighted by molar-refractivity contribution is 6.04. The molecule has 0 aliphatic carbocycles. The zero-order chi connectivity index (χ0) is 24.9. The summed E-state index contributed by atoms with van der Waals surface area (Å²) < 4.78 is 5.63. The molecule has 0 spiro atoms. The van der Waals surface area contributed by atoms with Gasteiger partial charge in [-0.1, -0.05) is 19.9 Å². The van der Waals surface area contributed by atoms with Crippen LogP contribution in [0, 0.1) is 0 Å². The lowest BCUT2D eigenvalue weighted by Gasteiger charge is -2.34. The highest BCUT2D eigenvalue weighted by Crippen LogP contribution is 2.31. The standard InChI is InChI=1S/C26H33N5O4/c1-4-5-14-35-17(3)18-9-11-19(12-10-18)27-24(33)20-15-21(32)28-23-22(20)25(34)30-26(29-23)31-13-7-6-8-16(31)2/h9-12,16,20H,3-8,13-15H2,1-2H3,(H,27,33)(H2,28,29,30,32,34)/t16-,20+/m0/s1. The number of piperidine rings is 1. The largest absolute Gasteiger partial charge is 0.494 e. The van der Waals surface area contributed by atoms with Gasteiger partial charge in [0, 0.05) is 30.3 Å². The fourth-order valence-corrected chi connectivity index (χ4v) is 4.52. The molecule has 2 aromatic rings. The number of carbonyl (C=O) groups is 2.